The molecule has 0 aliphatic heterocycles. The lowest BCUT2D eigenvalue weighted by molar-refractivity contribution is 0.0949. The van der Waals surface area contributed by atoms with Crippen molar-refractivity contribution in [2.45, 2.75) is 19.3 Å². The van der Waals surface area contributed by atoms with Gasteiger partial charge in [0.15, 0.2) is 0 Å². The van der Waals surface area contributed by atoms with Gasteiger partial charge in [-0.25, -0.2) is 4.79 Å². The lowest BCUT2D eigenvalue weighted by Crippen LogP contribution is -2.29. The molecule has 0 bridgehead atoms. The van der Waals surface area contributed by atoms with Crippen LogP contribution in [-0.2, 0) is 0 Å². The van der Waals surface area contributed by atoms with Crippen molar-refractivity contribution in [2.24, 2.45) is 5.73 Å². The van der Waals surface area contributed by atoms with Gasteiger partial charge in [-0.15, -0.1) is 12.4 Å². The van der Waals surface area contributed by atoms with Crippen LogP contribution in [0.2, 0.25) is 0 Å². The molecule has 0 spiro atoms. The van der Waals surface area contributed by atoms with Crippen molar-refractivity contribution >= 4 is 29.3 Å². The molecule has 1 aromatic carbocycles. The average molecular weight is 327 g/mol. The first-order valence-electron chi connectivity index (χ1n) is 6.87. The van der Waals surface area contributed by atoms with E-state index >= 15 is 0 Å². The van der Waals surface area contributed by atoms with Gasteiger partial charge in [0.25, 0.3) is 5.91 Å². The maximum atomic E-state index is 12.0. The summed E-state index contributed by atoms with van der Waals surface area (Å²) >= 11 is 0. The van der Waals surface area contributed by atoms with E-state index in [1.807, 2.05) is 0 Å². The van der Waals surface area contributed by atoms with Crippen LogP contribution in [-0.4, -0.2) is 24.1 Å². The van der Waals surface area contributed by atoms with E-state index in [0.29, 0.717) is 18.5 Å². The van der Waals surface area contributed by atoms with Crippen molar-refractivity contribution in [2.75, 3.05) is 13.1 Å². The minimum absolute atomic E-state index is 0. The number of fused-ring (bicyclic) bond motifs is 1. The van der Waals surface area contributed by atoms with Gasteiger partial charge in [-0.2, -0.15) is 0 Å². The zero-order chi connectivity index (χ0) is 15.2. The second kappa shape index (κ2) is 8.41. The number of aromatic hydroxyl groups is 1. The molecule has 2 aromatic rings. The Bertz CT molecular complexity index is 699. The topological polar surface area (TPSA) is 106 Å². The minimum atomic E-state index is -0.715. The Kier molecular flexibility index (Phi) is 6.88. The highest BCUT2D eigenvalue weighted by atomic mass is 35.5. The number of carbonyl (C=O) groups is 1. The fourth-order valence-corrected chi connectivity index (χ4v) is 2.00. The number of benzene rings is 1. The van der Waals surface area contributed by atoms with E-state index in [1.165, 1.54) is 18.2 Å². The van der Waals surface area contributed by atoms with Gasteiger partial charge in [0.1, 0.15) is 16.9 Å². The molecule has 0 unspecified atom stereocenters. The molecule has 7 heteroatoms. The summed E-state index contributed by atoms with van der Waals surface area (Å²) in [6.45, 7) is 1.13. The lowest BCUT2D eigenvalue weighted by Gasteiger charge is -2.05. The largest absolute Gasteiger partial charge is 0.508 e. The molecule has 0 aliphatic carbocycles. The predicted octanol–water partition coefficient (Wildman–Crippen LogP) is 1.78. The van der Waals surface area contributed by atoms with Crippen LogP contribution in [0, 0.1) is 0 Å². The molecular weight excluding hydrogens is 308 g/mol. The summed E-state index contributed by atoms with van der Waals surface area (Å²) in [5, 5.41) is 12.6. The van der Waals surface area contributed by atoms with E-state index in [-0.39, 0.29) is 29.3 Å². The predicted molar refractivity (Wildman–Crippen MR) is 86.6 cm³/mol. The van der Waals surface area contributed by atoms with Crippen LogP contribution >= 0.6 is 12.4 Å². The molecule has 0 atom stereocenters. The molecule has 22 heavy (non-hydrogen) atoms. The molecule has 6 nitrogen and oxygen atoms in total. The number of hydrogen-bond acceptors (Lipinski definition) is 5. The first-order valence-corrected chi connectivity index (χ1v) is 6.87. The molecule has 1 aromatic heterocycles. The fourth-order valence-electron chi connectivity index (χ4n) is 2.00. The summed E-state index contributed by atoms with van der Waals surface area (Å²) < 4.78 is 5.05. The molecule has 0 aliphatic rings. The van der Waals surface area contributed by atoms with Crippen molar-refractivity contribution in [3.63, 3.8) is 0 Å². The second-order valence-corrected chi connectivity index (χ2v) is 4.77. The highest BCUT2D eigenvalue weighted by Gasteiger charge is 2.13. The molecular formula is C15H19ClN2O4. The van der Waals surface area contributed by atoms with Crippen molar-refractivity contribution < 1.29 is 14.3 Å². The van der Waals surface area contributed by atoms with Gasteiger partial charge in [0.05, 0.1) is 0 Å². The van der Waals surface area contributed by atoms with E-state index in [0.717, 1.165) is 19.3 Å². The Balaban J connectivity index is 0.00000242. The number of phenolic OH excluding ortho intramolecular Hbond substituents is 1. The molecule has 0 saturated carbocycles. The molecule has 1 heterocycles. The van der Waals surface area contributed by atoms with Crippen LogP contribution in [0.25, 0.3) is 11.0 Å². The van der Waals surface area contributed by atoms with E-state index in [9.17, 15) is 14.7 Å². The number of amides is 1. The Morgan fingerprint density at radius 3 is 2.73 bits per heavy atom. The molecule has 0 fully saturated rings. The van der Waals surface area contributed by atoms with Gasteiger partial charge in [-0.1, -0.05) is 6.42 Å². The number of carbonyl (C=O) groups excluding carboxylic acids is 1. The molecule has 0 saturated heterocycles. The number of rotatable bonds is 6. The highest BCUT2D eigenvalue weighted by Crippen LogP contribution is 2.19. The van der Waals surface area contributed by atoms with Gasteiger partial charge in [0, 0.05) is 18.0 Å². The Labute approximate surface area is 133 Å². The van der Waals surface area contributed by atoms with Crippen LogP contribution in [0.1, 0.15) is 29.6 Å². The Morgan fingerprint density at radius 1 is 1.23 bits per heavy atom. The smallest absolute Gasteiger partial charge is 0.349 e. The van der Waals surface area contributed by atoms with Crippen LogP contribution < -0.4 is 16.7 Å². The summed E-state index contributed by atoms with van der Waals surface area (Å²) in [4.78, 5) is 23.8. The van der Waals surface area contributed by atoms with Crippen molar-refractivity contribution in [1.29, 1.82) is 0 Å². The molecule has 1 amide bonds. The number of nitrogens with one attached hydrogen (secondary N) is 1. The third-order valence-corrected chi connectivity index (χ3v) is 3.13. The third-order valence-electron chi connectivity index (χ3n) is 3.13. The highest BCUT2D eigenvalue weighted by molar-refractivity contribution is 5.96. The van der Waals surface area contributed by atoms with Gasteiger partial charge < -0.3 is 20.6 Å². The zero-order valence-corrected chi connectivity index (χ0v) is 12.8. The monoisotopic (exact) mass is 326 g/mol. The van der Waals surface area contributed by atoms with E-state index in [4.69, 9.17) is 10.2 Å². The van der Waals surface area contributed by atoms with Crippen molar-refractivity contribution in [1.82, 2.24) is 5.32 Å². The fraction of sp³-hybridized carbons (Fsp3) is 0.333. The van der Waals surface area contributed by atoms with Crippen LogP contribution in [0.3, 0.4) is 0 Å². The SMILES string of the molecule is Cl.NCCCCCNC(=O)c1cc2ccc(O)cc2oc1=O. The van der Waals surface area contributed by atoms with Crippen molar-refractivity contribution in [3.8, 4) is 5.75 Å². The number of phenols is 1. The van der Waals surface area contributed by atoms with Gasteiger partial charge in [0.2, 0.25) is 0 Å². The molecule has 120 valence electrons. The summed E-state index contributed by atoms with van der Waals surface area (Å²) in [5.41, 5.74) is 4.89. The van der Waals surface area contributed by atoms with Crippen molar-refractivity contribution in [3.05, 3.63) is 40.2 Å². The Morgan fingerprint density at radius 2 is 2.00 bits per heavy atom. The van der Waals surface area contributed by atoms with Gasteiger partial charge >= 0.3 is 5.63 Å². The normalized spacial score (nSPS) is 10.2. The average Bonchev–Trinajstić information content (AvgIpc) is 2.46. The van der Waals surface area contributed by atoms with E-state index < -0.39 is 11.5 Å². The summed E-state index contributed by atoms with van der Waals surface area (Å²) in [6, 6.07) is 5.86. The summed E-state index contributed by atoms with van der Waals surface area (Å²) in [7, 11) is 0. The minimum Gasteiger partial charge on any atom is -0.508 e. The third kappa shape index (κ3) is 4.47. The van der Waals surface area contributed by atoms with Gasteiger partial charge in [-0.3, -0.25) is 4.79 Å². The van der Waals surface area contributed by atoms with E-state index in [1.54, 1.807) is 6.07 Å². The van der Waals surface area contributed by atoms with Crippen LogP contribution in [0.5, 0.6) is 5.75 Å². The maximum Gasteiger partial charge on any atom is 0.349 e. The first-order chi connectivity index (χ1) is 10.1. The number of hydrogen-bond donors (Lipinski definition) is 3. The van der Waals surface area contributed by atoms with Gasteiger partial charge in [-0.05, 0) is 37.6 Å². The maximum absolute atomic E-state index is 12.0. The Hall–Kier alpha value is -2.05. The van der Waals surface area contributed by atoms with Crippen LogP contribution in [0.15, 0.2) is 33.5 Å². The number of halogens is 1. The van der Waals surface area contributed by atoms with E-state index in [2.05, 4.69) is 5.32 Å². The zero-order valence-electron chi connectivity index (χ0n) is 12.0. The standard InChI is InChI=1S/C15H18N2O4.ClH/c16-6-2-1-3-7-17-14(19)12-8-10-4-5-11(18)9-13(10)21-15(12)20;/h4-5,8-9,18H,1-3,6-7,16H2,(H,17,19);1H. The summed E-state index contributed by atoms with van der Waals surface area (Å²) in [6.07, 6.45) is 2.66. The lowest BCUT2D eigenvalue weighted by atomic mass is 10.1. The number of nitrogens with two attached hydrogens (primary N) is 1. The summed E-state index contributed by atoms with van der Waals surface area (Å²) in [5.74, 6) is -0.450. The quantitative estimate of drug-likeness (QED) is 0.554. The molecule has 2 rings (SSSR count). The number of unbranched alkanes of at least 4 members (excludes halogenated alkanes) is 2. The van der Waals surface area contributed by atoms with Crippen LogP contribution in [0.4, 0.5) is 0 Å². The second-order valence-electron chi connectivity index (χ2n) is 4.77. The molecule has 0 radical (unpaired) electrons. The molecule has 4 N–H and O–H groups in total. The first kappa shape index (κ1) is 18.0.